The third-order valence-corrected chi connectivity index (χ3v) is 4.90. The zero-order chi connectivity index (χ0) is 28.3. The highest BCUT2D eigenvalue weighted by molar-refractivity contribution is 5.96. The first kappa shape index (κ1) is 32.7. The normalized spacial score (nSPS) is 16.9. The molecule has 0 saturated heterocycles. The van der Waals surface area contributed by atoms with Crippen LogP contribution in [0.4, 0.5) is 0 Å². The topological polar surface area (TPSA) is 278 Å². The van der Waals surface area contributed by atoms with Crippen LogP contribution in [0.15, 0.2) is 0 Å². The largest absolute Gasteiger partial charge is 0.481 e. The number of aliphatic hydroxyl groups is 3. The number of aliphatic hydroxyl groups excluding tert-OH is 3. The Bertz CT molecular complexity index is 818. The van der Waals surface area contributed by atoms with Crippen LogP contribution in [0.5, 0.6) is 0 Å². The minimum absolute atomic E-state index is 0.636. The van der Waals surface area contributed by atoms with Crippen LogP contribution in [0.25, 0.3) is 0 Å². The average Bonchev–Trinajstić information content (AvgIpc) is 2.76. The monoisotopic (exact) mass is 521 g/mol. The number of amides is 4. The summed E-state index contributed by atoms with van der Waals surface area (Å²) >= 11 is 0. The maximum Gasteiger partial charge on any atom is 0.326 e. The zero-order valence-electron chi connectivity index (χ0n) is 20.3. The van der Waals surface area contributed by atoms with Gasteiger partial charge in [-0.1, -0.05) is 13.8 Å². The van der Waals surface area contributed by atoms with Crippen molar-refractivity contribution in [2.75, 3.05) is 6.61 Å². The van der Waals surface area contributed by atoms with Crippen LogP contribution in [0.3, 0.4) is 0 Å². The van der Waals surface area contributed by atoms with Gasteiger partial charge in [-0.25, -0.2) is 4.79 Å². The number of rotatable bonds is 15. The summed E-state index contributed by atoms with van der Waals surface area (Å²) in [6, 6.07) is -7.87. The second kappa shape index (κ2) is 14.9. The van der Waals surface area contributed by atoms with Crippen molar-refractivity contribution in [1.29, 1.82) is 0 Å². The zero-order valence-corrected chi connectivity index (χ0v) is 20.3. The molecule has 11 N–H and O–H groups in total. The summed E-state index contributed by atoms with van der Waals surface area (Å²) < 4.78 is 0. The Morgan fingerprint density at radius 3 is 1.42 bits per heavy atom. The molecule has 0 saturated carbocycles. The molecule has 4 amide bonds. The van der Waals surface area contributed by atoms with E-state index in [1.54, 1.807) is 0 Å². The van der Waals surface area contributed by atoms with Gasteiger partial charge in [0.15, 0.2) is 0 Å². The molecule has 16 nitrogen and oxygen atoms in total. The lowest BCUT2D eigenvalue weighted by molar-refractivity contribution is -0.147. The molecule has 206 valence electrons. The Kier molecular flexibility index (Phi) is 13.5. The van der Waals surface area contributed by atoms with Gasteiger partial charge >= 0.3 is 11.9 Å². The molecule has 0 rings (SSSR count). The van der Waals surface area contributed by atoms with Crippen molar-refractivity contribution < 1.29 is 54.3 Å². The fraction of sp³-hybridized carbons (Fsp3) is 0.700. The molecule has 0 spiro atoms. The summed E-state index contributed by atoms with van der Waals surface area (Å²) in [5.41, 5.74) is 5.37. The summed E-state index contributed by atoms with van der Waals surface area (Å²) in [6.07, 6.45) is -3.93. The van der Waals surface area contributed by atoms with Gasteiger partial charge in [-0.05, 0) is 19.8 Å². The van der Waals surface area contributed by atoms with Gasteiger partial charge in [0.25, 0.3) is 0 Å². The second-order valence-electron chi connectivity index (χ2n) is 8.47. The molecular formula is C20H35N5O11. The second-order valence-corrected chi connectivity index (χ2v) is 8.47. The van der Waals surface area contributed by atoms with E-state index in [0.717, 1.165) is 13.8 Å². The maximum absolute atomic E-state index is 12.8. The van der Waals surface area contributed by atoms with Crippen molar-refractivity contribution in [3.63, 3.8) is 0 Å². The van der Waals surface area contributed by atoms with Crippen molar-refractivity contribution in [3.05, 3.63) is 0 Å². The van der Waals surface area contributed by atoms with Gasteiger partial charge in [-0.3, -0.25) is 24.0 Å². The van der Waals surface area contributed by atoms with E-state index in [1.165, 1.54) is 13.8 Å². The van der Waals surface area contributed by atoms with Crippen molar-refractivity contribution in [1.82, 2.24) is 21.3 Å². The molecule has 0 fully saturated rings. The number of carbonyl (C=O) groups excluding carboxylic acids is 4. The Hall–Kier alpha value is -3.34. The van der Waals surface area contributed by atoms with Gasteiger partial charge in [-0.2, -0.15) is 0 Å². The average molecular weight is 522 g/mol. The molecule has 7 atom stereocenters. The fourth-order valence-corrected chi connectivity index (χ4v) is 2.81. The first-order chi connectivity index (χ1) is 16.5. The molecule has 0 aliphatic rings. The third kappa shape index (κ3) is 10.5. The van der Waals surface area contributed by atoms with E-state index in [0.29, 0.717) is 0 Å². The first-order valence-electron chi connectivity index (χ1n) is 10.9. The molecule has 0 bridgehead atoms. The Labute approximate surface area is 206 Å². The van der Waals surface area contributed by atoms with Crippen LogP contribution in [0.2, 0.25) is 0 Å². The molecule has 0 aromatic carbocycles. The van der Waals surface area contributed by atoms with E-state index >= 15 is 0 Å². The number of nitrogens with two attached hydrogens (primary N) is 1. The molecule has 0 aliphatic carbocycles. The highest BCUT2D eigenvalue weighted by Gasteiger charge is 2.36. The molecule has 0 unspecified atom stereocenters. The van der Waals surface area contributed by atoms with Crippen LogP contribution >= 0.6 is 0 Å². The number of hydrogen-bond acceptors (Lipinski definition) is 10. The van der Waals surface area contributed by atoms with E-state index in [-0.39, 0.29) is 0 Å². The van der Waals surface area contributed by atoms with Crippen molar-refractivity contribution >= 4 is 35.6 Å². The highest BCUT2D eigenvalue weighted by Crippen LogP contribution is 2.06. The van der Waals surface area contributed by atoms with Crippen molar-refractivity contribution in [2.24, 2.45) is 11.7 Å². The van der Waals surface area contributed by atoms with E-state index in [1.807, 2.05) is 5.32 Å². The van der Waals surface area contributed by atoms with Gasteiger partial charge in [0, 0.05) is 0 Å². The summed E-state index contributed by atoms with van der Waals surface area (Å²) in [5, 5.41) is 55.4. The van der Waals surface area contributed by atoms with Gasteiger partial charge in [0.05, 0.1) is 25.2 Å². The van der Waals surface area contributed by atoms with Crippen molar-refractivity contribution in [2.45, 2.75) is 76.5 Å². The van der Waals surface area contributed by atoms with Crippen LogP contribution in [-0.4, -0.2) is 110 Å². The molecule has 0 aliphatic heterocycles. The minimum atomic E-state index is -1.78. The predicted octanol–water partition coefficient (Wildman–Crippen LogP) is -4.78. The Morgan fingerprint density at radius 2 is 1.08 bits per heavy atom. The molecular weight excluding hydrogens is 486 g/mol. The van der Waals surface area contributed by atoms with E-state index in [9.17, 15) is 39.0 Å². The lowest BCUT2D eigenvalue weighted by Crippen LogP contribution is -2.63. The number of carboxylic acids is 2. The number of nitrogens with one attached hydrogen (secondary N) is 4. The van der Waals surface area contributed by atoms with Crippen LogP contribution in [-0.2, 0) is 28.8 Å². The lowest BCUT2D eigenvalue weighted by Gasteiger charge is -2.29. The molecule has 16 heteroatoms. The maximum atomic E-state index is 12.8. The van der Waals surface area contributed by atoms with Gasteiger partial charge < -0.3 is 52.5 Å². The Balaban J connectivity index is 5.62. The predicted molar refractivity (Wildman–Crippen MR) is 121 cm³/mol. The first-order valence-corrected chi connectivity index (χ1v) is 10.9. The number of aliphatic carboxylic acids is 2. The van der Waals surface area contributed by atoms with Crippen LogP contribution in [0, 0.1) is 5.92 Å². The Morgan fingerprint density at radius 1 is 0.694 bits per heavy atom. The van der Waals surface area contributed by atoms with Gasteiger partial charge in [0.1, 0.15) is 30.2 Å². The summed E-state index contributed by atoms with van der Waals surface area (Å²) in [7, 11) is 0. The standard InChI is InChI=1S/C20H35N5O11/c1-7(2)13(17(32)22-11(20(35)36)5-12(29)30)23-18(33)15(9(4)28)25-19(34)14(8(3)27)24-16(31)10(21)6-26/h7-11,13-15,26-28H,5-6,21H2,1-4H3,(H,22,32)(H,23,33)(H,24,31)(H,25,34)(H,29,30)(H,35,36)/t8-,9-,10+,11+,13+,14+,15+/m1/s1. The van der Waals surface area contributed by atoms with Crippen molar-refractivity contribution in [3.8, 4) is 0 Å². The highest BCUT2D eigenvalue weighted by atomic mass is 16.4. The molecule has 36 heavy (non-hydrogen) atoms. The van der Waals surface area contributed by atoms with E-state index < -0.39 is 96.9 Å². The number of hydrogen-bond donors (Lipinski definition) is 10. The summed E-state index contributed by atoms with van der Waals surface area (Å²) in [5.74, 6) is -7.88. The molecule has 0 aromatic heterocycles. The van der Waals surface area contributed by atoms with Gasteiger partial charge in [-0.15, -0.1) is 0 Å². The van der Waals surface area contributed by atoms with E-state index in [2.05, 4.69) is 16.0 Å². The molecule has 0 radical (unpaired) electrons. The SMILES string of the molecule is CC(C)[C@H](NC(=O)[C@@H](NC(=O)[C@@H](NC(=O)[C@@H](N)CO)[C@@H](C)O)[C@@H](C)O)C(=O)N[C@@H](CC(=O)O)C(=O)O. The molecule has 0 heterocycles. The van der Waals surface area contributed by atoms with Crippen LogP contribution < -0.4 is 27.0 Å². The smallest absolute Gasteiger partial charge is 0.326 e. The fourth-order valence-electron chi connectivity index (χ4n) is 2.81. The number of carboxylic acid groups (broad SMARTS) is 2. The summed E-state index contributed by atoms with van der Waals surface area (Å²) in [4.78, 5) is 72.1. The van der Waals surface area contributed by atoms with E-state index in [4.69, 9.17) is 21.1 Å². The number of carbonyl (C=O) groups is 6. The third-order valence-electron chi connectivity index (χ3n) is 4.90. The quantitative estimate of drug-likeness (QED) is 0.0972. The van der Waals surface area contributed by atoms with Gasteiger partial charge in [0.2, 0.25) is 23.6 Å². The minimum Gasteiger partial charge on any atom is -0.481 e. The van der Waals surface area contributed by atoms with Crippen LogP contribution in [0.1, 0.15) is 34.1 Å². The lowest BCUT2D eigenvalue weighted by atomic mass is 10.0. The summed E-state index contributed by atoms with van der Waals surface area (Å²) in [6.45, 7) is 4.54. The molecule has 0 aromatic rings.